The minimum absolute atomic E-state index is 0.0418. The van der Waals surface area contributed by atoms with E-state index >= 15 is 0 Å². The lowest BCUT2D eigenvalue weighted by atomic mass is 10.2. The molecule has 2 aromatic carbocycles. The molecule has 2 aromatic rings. The quantitative estimate of drug-likeness (QED) is 0.776. The highest BCUT2D eigenvalue weighted by atomic mass is 32.2. The number of amides is 1. The van der Waals surface area contributed by atoms with Gasteiger partial charge in [0, 0.05) is 17.2 Å². The maximum absolute atomic E-state index is 12.5. The lowest BCUT2D eigenvalue weighted by Crippen LogP contribution is -2.15. The molecule has 25 heavy (non-hydrogen) atoms. The van der Waals surface area contributed by atoms with Crippen LogP contribution in [0.3, 0.4) is 0 Å². The van der Waals surface area contributed by atoms with E-state index in [1.54, 1.807) is 24.3 Å². The van der Waals surface area contributed by atoms with Crippen LogP contribution in [0.1, 0.15) is 30.1 Å². The van der Waals surface area contributed by atoms with E-state index in [-0.39, 0.29) is 22.5 Å². The molecule has 1 aliphatic rings. The Morgan fingerprint density at radius 2 is 1.64 bits per heavy atom. The smallest absolute Gasteiger partial charge is 0.261 e. The first-order valence-corrected chi connectivity index (χ1v) is 9.38. The number of anilines is 2. The molecule has 1 aliphatic carbocycles. The maximum Gasteiger partial charge on any atom is 0.261 e. The van der Waals surface area contributed by atoms with Crippen molar-refractivity contribution in [3.05, 3.63) is 54.1 Å². The number of carbonyl (C=O) groups is 2. The van der Waals surface area contributed by atoms with E-state index in [2.05, 4.69) is 10.0 Å². The van der Waals surface area contributed by atoms with E-state index in [4.69, 9.17) is 0 Å². The first-order chi connectivity index (χ1) is 11.8. The molecule has 0 bridgehead atoms. The van der Waals surface area contributed by atoms with Crippen molar-refractivity contribution in [2.75, 3.05) is 10.0 Å². The number of rotatable bonds is 6. The number of carbonyl (C=O) groups excluding carboxylic acids is 2. The van der Waals surface area contributed by atoms with Crippen LogP contribution in [-0.2, 0) is 14.8 Å². The van der Waals surface area contributed by atoms with Crippen molar-refractivity contribution in [2.45, 2.75) is 24.7 Å². The Kier molecular flexibility index (Phi) is 4.59. The standard InChI is InChI=1S/C18H18N2O4S/c1-12(21)13-7-9-17(10-8-13)25(23,24)20-16-4-2-3-15(11-16)19-18(22)14-5-6-14/h2-4,7-11,14,20H,5-6H2,1H3,(H,19,22). The molecule has 0 aromatic heterocycles. The molecule has 0 atom stereocenters. The average molecular weight is 358 g/mol. The van der Waals surface area contributed by atoms with Crippen molar-refractivity contribution in [1.29, 1.82) is 0 Å². The molecule has 3 rings (SSSR count). The Morgan fingerprint density at radius 3 is 2.24 bits per heavy atom. The van der Waals surface area contributed by atoms with Gasteiger partial charge in [0.1, 0.15) is 0 Å². The predicted molar refractivity (Wildman–Crippen MR) is 95.1 cm³/mol. The SMILES string of the molecule is CC(=O)c1ccc(S(=O)(=O)Nc2cccc(NC(=O)C3CC3)c2)cc1. The van der Waals surface area contributed by atoms with Crippen LogP contribution in [0.15, 0.2) is 53.4 Å². The van der Waals surface area contributed by atoms with Gasteiger partial charge in [0.05, 0.1) is 10.6 Å². The molecule has 0 radical (unpaired) electrons. The number of sulfonamides is 1. The summed E-state index contributed by atoms with van der Waals surface area (Å²) < 4.78 is 27.4. The normalized spacial score (nSPS) is 14.0. The lowest BCUT2D eigenvalue weighted by molar-refractivity contribution is -0.117. The maximum atomic E-state index is 12.5. The number of Topliss-reactive ketones (excluding diaryl/α,β-unsaturated/α-hetero) is 1. The van der Waals surface area contributed by atoms with Gasteiger partial charge in [0.2, 0.25) is 5.91 Å². The fraction of sp³-hybridized carbons (Fsp3) is 0.222. The minimum atomic E-state index is -3.78. The largest absolute Gasteiger partial charge is 0.326 e. The Morgan fingerprint density at radius 1 is 1.00 bits per heavy atom. The third kappa shape index (κ3) is 4.24. The molecule has 6 nitrogen and oxygen atoms in total. The van der Waals surface area contributed by atoms with Crippen LogP contribution >= 0.6 is 0 Å². The zero-order chi connectivity index (χ0) is 18.0. The van der Waals surface area contributed by atoms with E-state index in [9.17, 15) is 18.0 Å². The van der Waals surface area contributed by atoms with Crippen molar-refractivity contribution in [1.82, 2.24) is 0 Å². The molecule has 1 amide bonds. The van der Waals surface area contributed by atoms with Gasteiger partial charge < -0.3 is 5.32 Å². The summed E-state index contributed by atoms with van der Waals surface area (Å²) in [5, 5.41) is 2.78. The molecule has 0 saturated heterocycles. The van der Waals surface area contributed by atoms with Gasteiger partial charge in [-0.15, -0.1) is 0 Å². The zero-order valence-corrected chi connectivity index (χ0v) is 14.5. The van der Waals surface area contributed by atoms with Gasteiger partial charge in [-0.1, -0.05) is 18.2 Å². The van der Waals surface area contributed by atoms with Crippen molar-refractivity contribution >= 4 is 33.1 Å². The van der Waals surface area contributed by atoms with E-state index in [1.165, 1.54) is 31.2 Å². The molecule has 1 saturated carbocycles. The number of ketones is 1. The summed E-state index contributed by atoms with van der Waals surface area (Å²) in [5.74, 6) is -0.101. The molecule has 0 spiro atoms. The molecule has 0 heterocycles. The second-order valence-electron chi connectivity index (χ2n) is 6.03. The van der Waals surface area contributed by atoms with Crippen LogP contribution in [0.25, 0.3) is 0 Å². The lowest BCUT2D eigenvalue weighted by Gasteiger charge is -2.10. The van der Waals surface area contributed by atoms with Gasteiger partial charge in [-0.25, -0.2) is 8.42 Å². The summed E-state index contributed by atoms with van der Waals surface area (Å²) in [7, 11) is -3.78. The van der Waals surface area contributed by atoms with E-state index in [0.29, 0.717) is 16.9 Å². The van der Waals surface area contributed by atoms with Gasteiger partial charge in [0.15, 0.2) is 5.78 Å². The fourth-order valence-corrected chi connectivity index (χ4v) is 3.38. The monoisotopic (exact) mass is 358 g/mol. The van der Waals surface area contributed by atoms with Crippen molar-refractivity contribution in [3.63, 3.8) is 0 Å². The average Bonchev–Trinajstić information content (AvgIpc) is 3.40. The molecule has 0 unspecified atom stereocenters. The number of hydrogen-bond acceptors (Lipinski definition) is 4. The summed E-state index contributed by atoms with van der Waals surface area (Å²) >= 11 is 0. The van der Waals surface area contributed by atoms with Gasteiger partial charge in [-0.05, 0) is 50.1 Å². The van der Waals surface area contributed by atoms with Gasteiger partial charge in [-0.3, -0.25) is 14.3 Å². The third-order valence-electron chi connectivity index (χ3n) is 3.90. The van der Waals surface area contributed by atoms with Crippen LogP contribution in [0.5, 0.6) is 0 Å². The Bertz CT molecular complexity index is 916. The Balaban J connectivity index is 1.75. The summed E-state index contributed by atoms with van der Waals surface area (Å²) in [4.78, 5) is 23.1. The second kappa shape index (κ2) is 6.68. The van der Waals surface area contributed by atoms with Crippen LogP contribution in [-0.4, -0.2) is 20.1 Å². The molecule has 7 heteroatoms. The molecular weight excluding hydrogens is 340 g/mol. The second-order valence-corrected chi connectivity index (χ2v) is 7.71. The molecule has 2 N–H and O–H groups in total. The highest BCUT2D eigenvalue weighted by Gasteiger charge is 2.29. The summed E-state index contributed by atoms with van der Waals surface area (Å²) in [5.41, 5.74) is 1.34. The number of benzene rings is 2. The summed E-state index contributed by atoms with van der Waals surface area (Å²) in [6, 6.07) is 12.3. The van der Waals surface area contributed by atoms with Gasteiger partial charge >= 0.3 is 0 Å². The predicted octanol–water partition coefficient (Wildman–Crippen LogP) is 3.04. The molecule has 0 aliphatic heterocycles. The van der Waals surface area contributed by atoms with Crippen LogP contribution in [0.2, 0.25) is 0 Å². The minimum Gasteiger partial charge on any atom is -0.326 e. The van der Waals surface area contributed by atoms with Crippen LogP contribution in [0.4, 0.5) is 11.4 Å². The van der Waals surface area contributed by atoms with E-state index in [0.717, 1.165) is 12.8 Å². The van der Waals surface area contributed by atoms with Crippen LogP contribution in [0, 0.1) is 5.92 Å². The van der Waals surface area contributed by atoms with Crippen molar-refractivity contribution < 1.29 is 18.0 Å². The van der Waals surface area contributed by atoms with E-state index in [1.807, 2.05) is 0 Å². The fourth-order valence-electron chi connectivity index (χ4n) is 2.33. The van der Waals surface area contributed by atoms with Gasteiger partial charge in [-0.2, -0.15) is 0 Å². The van der Waals surface area contributed by atoms with Crippen LogP contribution < -0.4 is 10.0 Å². The van der Waals surface area contributed by atoms with Crippen molar-refractivity contribution in [3.8, 4) is 0 Å². The molecular formula is C18H18N2O4S. The Hall–Kier alpha value is -2.67. The zero-order valence-electron chi connectivity index (χ0n) is 13.7. The van der Waals surface area contributed by atoms with E-state index < -0.39 is 10.0 Å². The number of hydrogen-bond donors (Lipinski definition) is 2. The molecule has 1 fully saturated rings. The summed E-state index contributed by atoms with van der Waals surface area (Å²) in [6.45, 7) is 1.42. The van der Waals surface area contributed by atoms with Gasteiger partial charge in [0.25, 0.3) is 10.0 Å². The molecule has 130 valence electrons. The Labute approximate surface area is 146 Å². The topological polar surface area (TPSA) is 92.3 Å². The first-order valence-electron chi connectivity index (χ1n) is 7.90. The highest BCUT2D eigenvalue weighted by molar-refractivity contribution is 7.92. The van der Waals surface area contributed by atoms with Crippen molar-refractivity contribution in [2.24, 2.45) is 5.92 Å². The highest BCUT2D eigenvalue weighted by Crippen LogP contribution is 2.30. The first kappa shape index (κ1) is 17.2. The number of nitrogens with one attached hydrogen (secondary N) is 2. The third-order valence-corrected chi connectivity index (χ3v) is 5.30. The summed E-state index contributed by atoms with van der Waals surface area (Å²) in [6.07, 6.45) is 1.79.